The van der Waals surface area contributed by atoms with Gasteiger partial charge in [-0.15, -0.1) is 0 Å². The second kappa shape index (κ2) is 10.8. The van der Waals surface area contributed by atoms with E-state index in [2.05, 4.69) is 23.6 Å². The lowest BCUT2D eigenvalue weighted by Crippen LogP contribution is -2.26. The molecule has 0 atom stereocenters. The molecule has 0 spiro atoms. The van der Waals surface area contributed by atoms with Gasteiger partial charge in [0.1, 0.15) is 11.5 Å². The molecule has 0 fully saturated rings. The average Bonchev–Trinajstić information content (AvgIpc) is 2.85. The van der Waals surface area contributed by atoms with Crippen LogP contribution in [-0.2, 0) is 6.54 Å². The summed E-state index contributed by atoms with van der Waals surface area (Å²) in [5.74, 6) is 0.568. The van der Waals surface area contributed by atoms with Gasteiger partial charge in [-0.25, -0.2) is 0 Å². The normalized spacial score (nSPS) is 10.8. The molecule has 0 aliphatic heterocycles. The first-order valence-electron chi connectivity index (χ1n) is 11.5. The molecule has 0 saturated carbocycles. The van der Waals surface area contributed by atoms with Crippen molar-refractivity contribution < 1.29 is 14.6 Å². The van der Waals surface area contributed by atoms with E-state index in [-0.39, 0.29) is 17.2 Å². The third-order valence-electron chi connectivity index (χ3n) is 5.80. The van der Waals surface area contributed by atoms with Crippen LogP contribution in [0.2, 0.25) is 0 Å². The van der Waals surface area contributed by atoms with Crippen LogP contribution < -0.4 is 15.4 Å². The van der Waals surface area contributed by atoms with Crippen LogP contribution in [0.15, 0.2) is 78.9 Å². The largest absolute Gasteiger partial charge is 0.506 e. The Bertz CT molecular complexity index is 1290. The van der Waals surface area contributed by atoms with E-state index in [1.165, 1.54) is 5.56 Å². The smallest absolute Gasteiger partial charge is 0.255 e. The second-order valence-corrected chi connectivity index (χ2v) is 8.42. The zero-order valence-electron chi connectivity index (χ0n) is 19.6. The molecule has 1 amide bonds. The summed E-state index contributed by atoms with van der Waals surface area (Å²) in [6, 6.07) is 25.4. The van der Waals surface area contributed by atoms with Crippen molar-refractivity contribution in [3.63, 3.8) is 0 Å². The van der Waals surface area contributed by atoms with Gasteiger partial charge in [-0.1, -0.05) is 60.2 Å². The fraction of sp³-hybridized carbons (Fsp3) is 0.207. The minimum Gasteiger partial charge on any atom is -0.506 e. The zero-order chi connectivity index (χ0) is 23.9. The van der Waals surface area contributed by atoms with E-state index < -0.39 is 0 Å². The van der Waals surface area contributed by atoms with Crippen molar-refractivity contribution in [1.82, 2.24) is 5.32 Å². The highest BCUT2D eigenvalue weighted by molar-refractivity contribution is 6.04. The number of anilines is 1. The summed E-state index contributed by atoms with van der Waals surface area (Å²) in [6.07, 6.45) is 0.663. The minimum absolute atomic E-state index is 0.00286. The molecule has 0 aliphatic rings. The SMILES string of the molecule is Cc1ccc(OCCCNC(=O)c2cc(CNc3ccccc3)c3ccccc3c2O)c(C)c1. The molecule has 5 nitrogen and oxygen atoms in total. The highest BCUT2D eigenvalue weighted by Gasteiger charge is 2.17. The highest BCUT2D eigenvalue weighted by atomic mass is 16.5. The maximum atomic E-state index is 12.9. The Morgan fingerprint density at radius 3 is 2.41 bits per heavy atom. The van der Waals surface area contributed by atoms with Crippen molar-refractivity contribution in [1.29, 1.82) is 0 Å². The van der Waals surface area contributed by atoms with Crippen LogP contribution in [0.25, 0.3) is 10.8 Å². The number of rotatable bonds is 9. The number of aromatic hydroxyl groups is 1. The topological polar surface area (TPSA) is 70.6 Å². The van der Waals surface area contributed by atoms with Gasteiger partial charge in [0.25, 0.3) is 5.91 Å². The van der Waals surface area contributed by atoms with Gasteiger partial charge in [0, 0.05) is 24.2 Å². The Hall–Kier alpha value is -3.99. The summed E-state index contributed by atoms with van der Waals surface area (Å²) in [4.78, 5) is 12.9. The summed E-state index contributed by atoms with van der Waals surface area (Å²) in [5.41, 5.74) is 4.52. The van der Waals surface area contributed by atoms with Crippen molar-refractivity contribution in [2.75, 3.05) is 18.5 Å². The maximum absolute atomic E-state index is 12.9. The van der Waals surface area contributed by atoms with E-state index in [0.717, 1.165) is 28.0 Å². The van der Waals surface area contributed by atoms with Crippen molar-refractivity contribution in [2.45, 2.75) is 26.8 Å². The maximum Gasteiger partial charge on any atom is 0.255 e. The van der Waals surface area contributed by atoms with Crippen LogP contribution in [0, 0.1) is 13.8 Å². The van der Waals surface area contributed by atoms with Gasteiger partial charge in [0.2, 0.25) is 0 Å². The number of carbonyl (C=O) groups is 1. The molecular weight excluding hydrogens is 424 g/mol. The molecule has 0 heterocycles. The van der Waals surface area contributed by atoms with Gasteiger partial charge in [0.15, 0.2) is 0 Å². The first-order valence-corrected chi connectivity index (χ1v) is 11.5. The molecule has 0 saturated heterocycles. The second-order valence-electron chi connectivity index (χ2n) is 8.42. The number of hydrogen-bond donors (Lipinski definition) is 3. The molecular formula is C29H30N2O3. The Morgan fingerprint density at radius 2 is 1.65 bits per heavy atom. The zero-order valence-corrected chi connectivity index (χ0v) is 19.6. The van der Waals surface area contributed by atoms with Gasteiger partial charge in [-0.2, -0.15) is 0 Å². The van der Waals surface area contributed by atoms with Crippen LogP contribution in [-0.4, -0.2) is 24.2 Å². The standard InChI is InChI=1S/C29H30N2O3/c1-20-13-14-27(21(2)17-20)34-16-8-15-30-29(33)26-18-22(19-31-23-9-4-3-5-10-23)24-11-6-7-12-25(24)28(26)32/h3-7,9-14,17-18,31-32H,8,15-16,19H2,1-2H3,(H,30,33). The number of benzene rings is 4. The number of fused-ring (bicyclic) bond motifs is 1. The molecule has 4 rings (SSSR count). The number of phenols is 1. The van der Waals surface area contributed by atoms with Crippen LogP contribution in [0.1, 0.15) is 33.5 Å². The molecule has 4 aromatic carbocycles. The lowest BCUT2D eigenvalue weighted by molar-refractivity contribution is 0.0949. The fourth-order valence-corrected chi connectivity index (χ4v) is 4.02. The molecule has 0 aliphatic carbocycles. The van der Waals surface area contributed by atoms with Crippen molar-refractivity contribution in [3.05, 3.63) is 101 Å². The Balaban J connectivity index is 1.41. The molecule has 34 heavy (non-hydrogen) atoms. The fourth-order valence-electron chi connectivity index (χ4n) is 4.02. The van der Waals surface area contributed by atoms with E-state index in [9.17, 15) is 9.90 Å². The van der Waals surface area contributed by atoms with Crippen LogP contribution in [0.3, 0.4) is 0 Å². The summed E-state index contributed by atoms with van der Waals surface area (Å²) in [7, 11) is 0. The first-order chi connectivity index (χ1) is 16.5. The van der Waals surface area contributed by atoms with Gasteiger partial charge < -0.3 is 20.5 Å². The highest BCUT2D eigenvalue weighted by Crippen LogP contribution is 2.32. The number of carbonyl (C=O) groups excluding carboxylic acids is 1. The molecule has 174 valence electrons. The molecule has 3 N–H and O–H groups in total. The number of para-hydroxylation sites is 1. The molecule has 0 bridgehead atoms. The van der Waals surface area contributed by atoms with Crippen molar-refractivity contribution >= 4 is 22.4 Å². The number of ether oxygens (including phenoxy) is 1. The molecule has 0 radical (unpaired) electrons. The van der Waals surface area contributed by atoms with Gasteiger partial charge >= 0.3 is 0 Å². The van der Waals surface area contributed by atoms with Gasteiger partial charge in [-0.05, 0) is 61.0 Å². The van der Waals surface area contributed by atoms with Gasteiger partial charge in [0.05, 0.1) is 12.2 Å². The van der Waals surface area contributed by atoms with Crippen LogP contribution >= 0.6 is 0 Å². The lowest BCUT2D eigenvalue weighted by atomic mass is 9.98. The van der Waals surface area contributed by atoms with Crippen LogP contribution in [0.4, 0.5) is 5.69 Å². The number of aryl methyl sites for hydroxylation is 2. The van der Waals surface area contributed by atoms with Crippen molar-refractivity contribution in [3.8, 4) is 11.5 Å². The Kier molecular flexibility index (Phi) is 7.33. The number of hydrogen-bond acceptors (Lipinski definition) is 4. The van der Waals surface area contributed by atoms with E-state index in [0.29, 0.717) is 31.5 Å². The third kappa shape index (κ3) is 5.49. The van der Waals surface area contributed by atoms with Crippen LogP contribution in [0.5, 0.6) is 11.5 Å². The van der Waals surface area contributed by atoms with Crippen molar-refractivity contribution in [2.24, 2.45) is 0 Å². The van der Waals surface area contributed by atoms with E-state index in [1.807, 2.05) is 73.7 Å². The van der Waals surface area contributed by atoms with E-state index >= 15 is 0 Å². The number of amides is 1. The average molecular weight is 455 g/mol. The summed E-state index contributed by atoms with van der Waals surface area (Å²) < 4.78 is 5.84. The predicted molar refractivity (Wildman–Crippen MR) is 138 cm³/mol. The monoisotopic (exact) mass is 454 g/mol. The lowest BCUT2D eigenvalue weighted by Gasteiger charge is -2.15. The van der Waals surface area contributed by atoms with E-state index in [1.54, 1.807) is 6.07 Å². The summed E-state index contributed by atoms with van der Waals surface area (Å²) >= 11 is 0. The predicted octanol–water partition coefficient (Wildman–Crippen LogP) is 5.97. The molecule has 4 aromatic rings. The first kappa shape index (κ1) is 23.2. The quantitative estimate of drug-likeness (QED) is 0.272. The number of phenolic OH excluding ortho intramolecular Hbond substituents is 1. The Morgan fingerprint density at radius 1 is 0.912 bits per heavy atom. The third-order valence-corrected chi connectivity index (χ3v) is 5.80. The molecule has 0 unspecified atom stereocenters. The van der Waals surface area contributed by atoms with E-state index in [4.69, 9.17) is 4.74 Å². The summed E-state index contributed by atoms with van der Waals surface area (Å²) in [5, 5.41) is 18.7. The molecule has 0 aromatic heterocycles. The summed E-state index contributed by atoms with van der Waals surface area (Å²) in [6.45, 7) is 5.57. The molecule has 5 heteroatoms. The number of nitrogens with one attached hydrogen (secondary N) is 2. The minimum atomic E-state index is -0.296. The Labute approximate surface area is 200 Å². The van der Waals surface area contributed by atoms with Gasteiger partial charge in [-0.3, -0.25) is 4.79 Å².